The highest BCUT2D eigenvalue weighted by atomic mass is 16.2. The van der Waals surface area contributed by atoms with Crippen LogP contribution in [0.4, 0.5) is 5.69 Å². The molecule has 1 heterocycles. The van der Waals surface area contributed by atoms with E-state index in [-0.39, 0.29) is 11.8 Å². The van der Waals surface area contributed by atoms with Crippen LogP contribution in [0.5, 0.6) is 0 Å². The molecule has 2 aliphatic rings. The van der Waals surface area contributed by atoms with Crippen LogP contribution in [0.25, 0.3) is 0 Å². The second kappa shape index (κ2) is 5.60. The summed E-state index contributed by atoms with van der Waals surface area (Å²) >= 11 is 0. The van der Waals surface area contributed by atoms with Crippen molar-refractivity contribution in [2.45, 2.75) is 51.5 Å². The molecular weight excluding hydrogens is 264 g/mol. The molecule has 3 rings (SSSR count). The van der Waals surface area contributed by atoms with E-state index in [1.54, 1.807) is 0 Å². The predicted octanol–water partition coefficient (Wildman–Crippen LogP) is 2.75. The molecule has 4 heteroatoms. The fourth-order valence-electron chi connectivity index (χ4n) is 3.67. The largest absolute Gasteiger partial charge is 0.326 e. The second-order valence-corrected chi connectivity index (χ2v) is 6.28. The summed E-state index contributed by atoms with van der Waals surface area (Å²) in [6, 6.07) is 7.45. The molecule has 1 spiro atoms. The molecule has 0 atom stereocenters. The molecule has 4 nitrogen and oxygen atoms in total. The van der Waals surface area contributed by atoms with Gasteiger partial charge in [0.15, 0.2) is 0 Å². The van der Waals surface area contributed by atoms with Crippen molar-refractivity contribution in [2.24, 2.45) is 11.1 Å². The Morgan fingerprint density at radius 2 is 1.81 bits per heavy atom. The first-order valence-electron chi connectivity index (χ1n) is 7.83. The number of anilines is 1. The van der Waals surface area contributed by atoms with Gasteiger partial charge in [-0.3, -0.25) is 14.5 Å². The lowest BCUT2D eigenvalue weighted by Crippen LogP contribution is -2.35. The number of carbonyl (C=O) groups is 2. The van der Waals surface area contributed by atoms with Crippen LogP contribution < -0.4 is 10.6 Å². The highest BCUT2D eigenvalue weighted by Crippen LogP contribution is 2.45. The van der Waals surface area contributed by atoms with Gasteiger partial charge in [-0.2, -0.15) is 0 Å². The number of nitrogens with zero attached hydrogens (tertiary/aromatic N) is 1. The minimum absolute atomic E-state index is 0.00331. The topological polar surface area (TPSA) is 63.4 Å². The van der Waals surface area contributed by atoms with Crippen molar-refractivity contribution in [3.8, 4) is 0 Å². The fourth-order valence-corrected chi connectivity index (χ4v) is 3.67. The van der Waals surface area contributed by atoms with Crippen molar-refractivity contribution in [1.82, 2.24) is 0 Å². The summed E-state index contributed by atoms with van der Waals surface area (Å²) in [6.07, 6.45) is 6.52. The van der Waals surface area contributed by atoms with Crippen molar-refractivity contribution >= 4 is 17.5 Å². The summed E-state index contributed by atoms with van der Waals surface area (Å²) in [7, 11) is 0. The number of rotatable bonds is 2. The van der Waals surface area contributed by atoms with Gasteiger partial charge in [0.25, 0.3) is 0 Å². The van der Waals surface area contributed by atoms with Crippen LogP contribution in [-0.4, -0.2) is 11.8 Å². The molecule has 21 heavy (non-hydrogen) atoms. The summed E-state index contributed by atoms with van der Waals surface area (Å²) in [5.74, 6) is -0.0559. The van der Waals surface area contributed by atoms with E-state index in [4.69, 9.17) is 5.73 Å². The zero-order valence-corrected chi connectivity index (χ0v) is 12.3. The van der Waals surface area contributed by atoms with Crippen LogP contribution in [-0.2, 0) is 16.1 Å². The molecule has 1 aliphatic heterocycles. The molecule has 2 fully saturated rings. The van der Waals surface area contributed by atoms with E-state index in [1.807, 2.05) is 24.3 Å². The van der Waals surface area contributed by atoms with Crippen molar-refractivity contribution < 1.29 is 9.59 Å². The van der Waals surface area contributed by atoms with E-state index in [9.17, 15) is 9.59 Å². The molecule has 1 aromatic carbocycles. The lowest BCUT2D eigenvalue weighted by atomic mass is 9.79. The van der Waals surface area contributed by atoms with Gasteiger partial charge in [0.05, 0.1) is 11.1 Å². The van der Waals surface area contributed by atoms with Crippen molar-refractivity contribution in [1.29, 1.82) is 0 Å². The Morgan fingerprint density at radius 1 is 1.10 bits per heavy atom. The van der Waals surface area contributed by atoms with Crippen LogP contribution in [0.15, 0.2) is 24.3 Å². The maximum absolute atomic E-state index is 12.9. The first kappa shape index (κ1) is 14.3. The maximum atomic E-state index is 12.9. The van der Waals surface area contributed by atoms with E-state index in [1.165, 1.54) is 17.7 Å². The molecule has 2 N–H and O–H groups in total. The van der Waals surface area contributed by atoms with Crippen LogP contribution >= 0.6 is 0 Å². The van der Waals surface area contributed by atoms with Gasteiger partial charge in [-0.1, -0.05) is 37.8 Å². The number of hydrogen-bond acceptors (Lipinski definition) is 3. The van der Waals surface area contributed by atoms with Crippen LogP contribution in [0.2, 0.25) is 0 Å². The lowest BCUT2D eigenvalue weighted by Gasteiger charge is -2.25. The first-order chi connectivity index (χ1) is 10.2. The Morgan fingerprint density at radius 3 is 2.48 bits per heavy atom. The zero-order valence-electron chi connectivity index (χ0n) is 12.3. The summed E-state index contributed by atoms with van der Waals surface area (Å²) in [5, 5.41) is 0. The monoisotopic (exact) mass is 286 g/mol. The Bertz CT molecular complexity index is 560. The van der Waals surface area contributed by atoms with E-state index < -0.39 is 5.41 Å². The summed E-state index contributed by atoms with van der Waals surface area (Å²) in [5.41, 5.74) is 6.83. The van der Waals surface area contributed by atoms with E-state index in [0.29, 0.717) is 18.7 Å². The van der Waals surface area contributed by atoms with Gasteiger partial charge in [-0.25, -0.2) is 0 Å². The third-order valence-corrected chi connectivity index (χ3v) is 4.86. The van der Waals surface area contributed by atoms with Gasteiger partial charge >= 0.3 is 0 Å². The van der Waals surface area contributed by atoms with Gasteiger partial charge in [0, 0.05) is 13.0 Å². The van der Waals surface area contributed by atoms with Gasteiger partial charge in [-0.15, -0.1) is 0 Å². The second-order valence-electron chi connectivity index (χ2n) is 6.28. The molecule has 112 valence electrons. The Hall–Kier alpha value is -1.68. The summed E-state index contributed by atoms with van der Waals surface area (Å²) in [4.78, 5) is 26.8. The molecular formula is C17H22N2O2. The zero-order chi connectivity index (χ0) is 14.9. The molecule has 1 saturated carbocycles. The quantitative estimate of drug-likeness (QED) is 0.850. The molecule has 1 aliphatic carbocycles. The standard InChI is InChI=1S/C17H22N2O2/c18-12-13-6-5-7-14(10-13)19-15(20)11-17(16(19)21)8-3-1-2-4-9-17/h5-7,10H,1-4,8-9,11-12,18H2. The molecule has 0 radical (unpaired) electrons. The summed E-state index contributed by atoms with van der Waals surface area (Å²) < 4.78 is 0. The van der Waals surface area contributed by atoms with Gasteiger partial charge < -0.3 is 5.73 Å². The predicted molar refractivity (Wildman–Crippen MR) is 81.6 cm³/mol. The van der Waals surface area contributed by atoms with Crippen LogP contribution in [0.3, 0.4) is 0 Å². The van der Waals surface area contributed by atoms with E-state index in [2.05, 4.69) is 0 Å². The third-order valence-electron chi connectivity index (χ3n) is 4.86. The van der Waals surface area contributed by atoms with Crippen molar-refractivity contribution in [3.05, 3.63) is 29.8 Å². The lowest BCUT2D eigenvalue weighted by molar-refractivity contribution is -0.126. The molecule has 0 bridgehead atoms. The number of carbonyl (C=O) groups excluding carboxylic acids is 2. The SMILES string of the molecule is NCc1cccc(N2C(=O)CC3(CCCCCC3)C2=O)c1. The molecule has 0 unspecified atom stereocenters. The number of amides is 2. The van der Waals surface area contributed by atoms with Crippen molar-refractivity contribution in [3.63, 3.8) is 0 Å². The van der Waals surface area contributed by atoms with Crippen LogP contribution in [0.1, 0.15) is 50.5 Å². The average Bonchev–Trinajstić information content (AvgIpc) is 2.66. The highest BCUT2D eigenvalue weighted by Gasteiger charge is 2.51. The molecule has 0 aromatic heterocycles. The fraction of sp³-hybridized carbons (Fsp3) is 0.529. The molecule has 1 saturated heterocycles. The number of nitrogens with two attached hydrogens (primary N) is 1. The Kier molecular flexibility index (Phi) is 3.81. The minimum Gasteiger partial charge on any atom is -0.326 e. The number of imide groups is 1. The van der Waals surface area contributed by atoms with E-state index >= 15 is 0 Å². The first-order valence-corrected chi connectivity index (χ1v) is 7.83. The minimum atomic E-state index is -0.438. The third kappa shape index (κ3) is 2.48. The van der Waals surface area contributed by atoms with E-state index in [0.717, 1.165) is 31.2 Å². The van der Waals surface area contributed by atoms with Gasteiger partial charge in [-0.05, 0) is 30.5 Å². The maximum Gasteiger partial charge on any atom is 0.240 e. The number of benzene rings is 1. The Labute approximate surface area is 125 Å². The molecule has 2 amide bonds. The molecule has 1 aromatic rings. The Balaban J connectivity index is 1.92. The average molecular weight is 286 g/mol. The highest BCUT2D eigenvalue weighted by molar-refractivity contribution is 6.22. The normalized spacial score (nSPS) is 21.9. The van der Waals surface area contributed by atoms with Crippen molar-refractivity contribution in [2.75, 3.05) is 4.90 Å². The smallest absolute Gasteiger partial charge is 0.240 e. The summed E-state index contributed by atoms with van der Waals surface area (Å²) in [6.45, 7) is 0.412. The number of hydrogen-bond donors (Lipinski definition) is 1. The van der Waals surface area contributed by atoms with Gasteiger partial charge in [0.1, 0.15) is 0 Å². The van der Waals surface area contributed by atoms with Gasteiger partial charge in [0.2, 0.25) is 11.8 Å². The van der Waals surface area contributed by atoms with Crippen LogP contribution in [0, 0.1) is 5.41 Å².